The third-order valence-corrected chi connectivity index (χ3v) is 5.54. The summed E-state index contributed by atoms with van der Waals surface area (Å²) in [5, 5.41) is 28.9. The van der Waals surface area contributed by atoms with Crippen LogP contribution in [0.25, 0.3) is 27.5 Å². The summed E-state index contributed by atoms with van der Waals surface area (Å²) in [7, 11) is 1.63. The van der Waals surface area contributed by atoms with Gasteiger partial charge in [0.15, 0.2) is 5.82 Å². The third-order valence-electron chi connectivity index (χ3n) is 4.72. The van der Waals surface area contributed by atoms with Gasteiger partial charge in [-0.1, -0.05) is 24.3 Å². The number of hydrogen-bond acceptors (Lipinski definition) is 9. The summed E-state index contributed by atoms with van der Waals surface area (Å²) in [4.78, 5) is 15.8. The molecular weight excluding hydrogens is 430 g/mol. The summed E-state index contributed by atoms with van der Waals surface area (Å²) in [5.41, 5.74) is 2.92. The Labute approximate surface area is 185 Å². The Morgan fingerprint density at radius 3 is 2.75 bits per heavy atom. The van der Waals surface area contributed by atoms with E-state index in [1.54, 1.807) is 35.9 Å². The van der Waals surface area contributed by atoms with E-state index in [0.29, 0.717) is 23.0 Å². The number of non-ortho nitro benzene ring substituents is 1. The number of nitrogens with zero attached hydrogens (tertiary/aromatic N) is 6. The number of thiazole rings is 1. The Balaban J connectivity index is 1.40. The van der Waals surface area contributed by atoms with Crippen molar-refractivity contribution in [1.82, 2.24) is 24.8 Å². The molecule has 1 N–H and O–H groups in total. The van der Waals surface area contributed by atoms with Gasteiger partial charge in [0.05, 0.1) is 23.4 Å². The first-order valence-electron chi connectivity index (χ1n) is 9.45. The van der Waals surface area contributed by atoms with Crippen molar-refractivity contribution in [3.63, 3.8) is 0 Å². The largest absolute Gasteiger partial charge is 0.496 e. The molecule has 32 heavy (non-hydrogen) atoms. The van der Waals surface area contributed by atoms with Crippen LogP contribution in [0.4, 0.5) is 17.5 Å². The average Bonchev–Trinajstić information content (AvgIpc) is 3.40. The second-order valence-corrected chi connectivity index (χ2v) is 7.52. The number of para-hydroxylation sites is 1. The fraction of sp³-hybridized carbons (Fsp3) is 0.0476. The molecular formula is C21H15N7O3S. The molecule has 3 heterocycles. The zero-order chi connectivity index (χ0) is 22.1. The van der Waals surface area contributed by atoms with Crippen LogP contribution in [0.3, 0.4) is 0 Å². The number of nitrogens with one attached hydrogen (secondary N) is 1. The van der Waals surface area contributed by atoms with Gasteiger partial charge < -0.3 is 10.1 Å². The molecule has 0 radical (unpaired) electrons. The number of benzene rings is 2. The molecule has 10 nitrogen and oxygen atoms in total. The van der Waals surface area contributed by atoms with E-state index >= 15 is 0 Å². The van der Waals surface area contributed by atoms with Crippen molar-refractivity contribution in [2.24, 2.45) is 0 Å². The van der Waals surface area contributed by atoms with Crippen LogP contribution in [0.2, 0.25) is 0 Å². The number of rotatable bonds is 6. The Morgan fingerprint density at radius 1 is 1.09 bits per heavy atom. The lowest BCUT2D eigenvalue weighted by Gasteiger charge is -2.06. The molecule has 158 valence electrons. The van der Waals surface area contributed by atoms with Gasteiger partial charge in [-0.05, 0) is 24.3 Å². The summed E-state index contributed by atoms with van der Waals surface area (Å²) < 4.78 is 7.21. The standard InChI is InChI=1S/C21H15N7O3S/c1-31-18-8-3-2-7-15(18)17-12-32-21-23-20(26-27(17)21)22-19-10-9-16(24-25-19)13-5-4-6-14(11-13)28(29)30/h2-12H,1H3,(H,22,25,26). The Morgan fingerprint density at radius 2 is 1.97 bits per heavy atom. The van der Waals surface area contributed by atoms with Crippen molar-refractivity contribution in [2.75, 3.05) is 12.4 Å². The van der Waals surface area contributed by atoms with Crippen LogP contribution in [-0.4, -0.2) is 36.8 Å². The Kier molecular flexibility index (Phi) is 4.92. The number of aromatic nitrogens is 5. The maximum absolute atomic E-state index is 11.0. The van der Waals surface area contributed by atoms with Crippen LogP contribution in [0, 0.1) is 10.1 Å². The highest BCUT2D eigenvalue weighted by molar-refractivity contribution is 7.15. The van der Waals surface area contributed by atoms with E-state index in [-0.39, 0.29) is 5.69 Å². The quantitative estimate of drug-likeness (QED) is 0.298. The van der Waals surface area contributed by atoms with E-state index in [4.69, 9.17) is 4.74 Å². The molecule has 0 unspecified atom stereocenters. The molecule has 5 rings (SSSR count). The fourth-order valence-corrected chi connectivity index (χ4v) is 4.04. The second-order valence-electron chi connectivity index (χ2n) is 6.69. The normalized spacial score (nSPS) is 10.9. The highest BCUT2D eigenvalue weighted by atomic mass is 32.1. The predicted molar refractivity (Wildman–Crippen MR) is 120 cm³/mol. The van der Waals surface area contributed by atoms with Crippen molar-refractivity contribution >= 4 is 33.8 Å². The Bertz CT molecular complexity index is 1430. The number of ether oxygens (including phenoxy) is 1. The molecule has 0 aliphatic heterocycles. The van der Waals surface area contributed by atoms with Gasteiger partial charge in [-0.3, -0.25) is 10.1 Å². The van der Waals surface area contributed by atoms with Crippen molar-refractivity contribution < 1.29 is 9.66 Å². The number of methoxy groups -OCH3 is 1. The molecule has 0 aliphatic rings. The minimum atomic E-state index is -0.442. The molecule has 0 bridgehead atoms. The molecule has 5 aromatic rings. The number of nitro benzene ring substituents is 1. The SMILES string of the molecule is COc1ccccc1-c1csc2nc(Nc3ccc(-c4cccc([N+](=O)[O-])c4)nn3)nn12. The van der Waals surface area contributed by atoms with Crippen LogP contribution in [0.1, 0.15) is 0 Å². The van der Waals surface area contributed by atoms with E-state index in [0.717, 1.165) is 22.0 Å². The molecule has 0 fully saturated rings. The van der Waals surface area contributed by atoms with E-state index in [9.17, 15) is 10.1 Å². The smallest absolute Gasteiger partial charge is 0.270 e. The van der Waals surface area contributed by atoms with Crippen molar-refractivity contribution in [2.45, 2.75) is 0 Å². The molecule has 11 heteroatoms. The minimum absolute atomic E-state index is 0.000340. The van der Waals surface area contributed by atoms with Gasteiger partial charge in [-0.15, -0.1) is 26.6 Å². The molecule has 2 aromatic carbocycles. The third kappa shape index (κ3) is 3.61. The van der Waals surface area contributed by atoms with Crippen LogP contribution in [0.15, 0.2) is 66.0 Å². The lowest BCUT2D eigenvalue weighted by molar-refractivity contribution is -0.384. The topological polar surface area (TPSA) is 120 Å². The van der Waals surface area contributed by atoms with E-state index in [1.165, 1.54) is 23.5 Å². The molecule has 0 saturated heterocycles. The highest BCUT2D eigenvalue weighted by Crippen LogP contribution is 2.33. The van der Waals surface area contributed by atoms with E-state index in [1.807, 2.05) is 29.6 Å². The molecule has 0 atom stereocenters. The van der Waals surface area contributed by atoms with Crippen LogP contribution >= 0.6 is 11.3 Å². The van der Waals surface area contributed by atoms with Crippen molar-refractivity contribution in [3.8, 4) is 28.3 Å². The minimum Gasteiger partial charge on any atom is -0.496 e. The zero-order valence-electron chi connectivity index (χ0n) is 16.7. The summed E-state index contributed by atoms with van der Waals surface area (Å²) in [6.45, 7) is 0. The van der Waals surface area contributed by atoms with Gasteiger partial charge in [-0.2, -0.15) is 4.98 Å². The molecule has 0 saturated carbocycles. The van der Waals surface area contributed by atoms with Gasteiger partial charge in [0, 0.05) is 28.6 Å². The summed E-state index contributed by atoms with van der Waals surface area (Å²) in [6.07, 6.45) is 0. The highest BCUT2D eigenvalue weighted by Gasteiger charge is 2.15. The number of hydrogen-bond donors (Lipinski definition) is 1. The number of anilines is 2. The molecule has 3 aromatic heterocycles. The Hall–Kier alpha value is -4.38. The summed E-state index contributed by atoms with van der Waals surface area (Å²) in [6, 6.07) is 17.4. The fourth-order valence-electron chi connectivity index (χ4n) is 3.22. The molecule has 0 aliphatic carbocycles. The van der Waals surface area contributed by atoms with Gasteiger partial charge in [0.1, 0.15) is 5.75 Å². The average molecular weight is 445 g/mol. The monoisotopic (exact) mass is 445 g/mol. The van der Waals surface area contributed by atoms with Crippen LogP contribution in [0.5, 0.6) is 5.75 Å². The van der Waals surface area contributed by atoms with E-state index < -0.39 is 4.92 Å². The zero-order valence-corrected chi connectivity index (χ0v) is 17.5. The predicted octanol–water partition coefficient (Wildman–Crippen LogP) is 4.58. The summed E-state index contributed by atoms with van der Waals surface area (Å²) >= 11 is 1.47. The first-order chi connectivity index (χ1) is 15.6. The number of fused-ring (bicyclic) bond motifs is 1. The van der Waals surface area contributed by atoms with Crippen LogP contribution < -0.4 is 10.1 Å². The van der Waals surface area contributed by atoms with Gasteiger partial charge in [0.2, 0.25) is 10.9 Å². The van der Waals surface area contributed by atoms with E-state index in [2.05, 4.69) is 25.6 Å². The maximum atomic E-state index is 11.0. The number of nitro groups is 1. The molecule has 0 amide bonds. The first kappa shape index (κ1) is 19.6. The second kappa shape index (κ2) is 8.04. The summed E-state index contributed by atoms with van der Waals surface area (Å²) in [5.74, 6) is 1.58. The molecule has 0 spiro atoms. The van der Waals surface area contributed by atoms with Gasteiger partial charge in [-0.25, -0.2) is 4.52 Å². The lowest BCUT2D eigenvalue weighted by atomic mass is 10.1. The lowest BCUT2D eigenvalue weighted by Crippen LogP contribution is -1.99. The van der Waals surface area contributed by atoms with Crippen molar-refractivity contribution in [1.29, 1.82) is 0 Å². The first-order valence-corrected chi connectivity index (χ1v) is 10.3. The maximum Gasteiger partial charge on any atom is 0.270 e. The van der Waals surface area contributed by atoms with Gasteiger partial charge in [0.25, 0.3) is 5.69 Å². The van der Waals surface area contributed by atoms with Crippen molar-refractivity contribution in [3.05, 3.63) is 76.2 Å². The van der Waals surface area contributed by atoms with Crippen LogP contribution in [-0.2, 0) is 0 Å². The van der Waals surface area contributed by atoms with Gasteiger partial charge >= 0.3 is 0 Å².